The summed E-state index contributed by atoms with van der Waals surface area (Å²) >= 11 is 0. The molecule has 0 saturated carbocycles. The lowest BCUT2D eigenvalue weighted by molar-refractivity contribution is 0.402. The Morgan fingerprint density at radius 1 is 1.38 bits per heavy atom. The molecule has 0 nitrogen and oxygen atoms in total. The van der Waals surface area contributed by atoms with Crippen molar-refractivity contribution < 1.29 is 0 Å². The Morgan fingerprint density at radius 2 is 2.08 bits per heavy atom. The fraction of sp³-hybridized carbons (Fsp3) is 0.692. The zero-order valence-electron chi connectivity index (χ0n) is 9.38. The number of rotatable bonds is 3. The summed E-state index contributed by atoms with van der Waals surface area (Å²) in [7, 11) is 0. The third-order valence-electron chi connectivity index (χ3n) is 2.86. The van der Waals surface area contributed by atoms with E-state index in [0.29, 0.717) is 0 Å². The first-order valence-corrected chi connectivity index (χ1v) is 5.52. The van der Waals surface area contributed by atoms with Crippen LogP contribution in [0, 0.1) is 17.8 Å². The second-order valence-corrected chi connectivity index (χ2v) is 4.61. The molecule has 0 radical (unpaired) electrons. The van der Waals surface area contributed by atoms with Crippen LogP contribution in [0.15, 0.2) is 23.8 Å². The summed E-state index contributed by atoms with van der Waals surface area (Å²) < 4.78 is 0. The van der Waals surface area contributed by atoms with Gasteiger partial charge in [0.15, 0.2) is 0 Å². The molecule has 0 heteroatoms. The molecule has 0 aromatic carbocycles. The van der Waals surface area contributed by atoms with Crippen molar-refractivity contribution in [2.45, 2.75) is 40.5 Å². The Kier molecular flexibility index (Phi) is 3.77. The molecule has 0 saturated heterocycles. The standard InChI is InChI=1S/C13H22/c1-5-12-6-7-13(8-10(2)3)11(4)9-12/h6-7,9-11,13H,5,8H2,1-4H3. The SMILES string of the molecule is CCC1=CC(C)C(CC(C)C)C=C1. The van der Waals surface area contributed by atoms with Crippen LogP contribution in [0.2, 0.25) is 0 Å². The highest BCUT2D eigenvalue weighted by Gasteiger charge is 2.16. The molecule has 0 aliphatic heterocycles. The van der Waals surface area contributed by atoms with Gasteiger partial charge in [-0.25, -0.2) is 0 Å². The fourth-order valence-electron chi connectivity index (χ4n) is 2.01. The average molecular weight is 178 g/mol. The molecule has 0 N–H and O–H groups in total. The minimum absolute atomic E-state index is 0.738. The van der Waals surface area contributed by atoms with Crippen molar-refractivity contribution in [2.75, 3.05) is 0 Å². The number of hydrogen-bond acceptors (Lipinski definition) is 0. The van der Waals surface area contributed by atoms with Gasteiger partial charge in [-0.2, -0.15) is 0 Å². The molecule has 0 aromatic rings. The van der Waals surface area contributed by atoms with Crippen LogP contribution >= 0.6 is 0 Å². The Hall–Kier alpha value is -0.520. The zero-order chi connectivity index (χ0) is 9.84. The van der Waals surface area contributed by atoms with Crippen molar-refractivity contribution in [1.29, 1.82) is 0 Å². The van der Waals surface area contributed by atoms with Gasteiger partial charge >= 0.3 is 0 Å². The zero-order valence-corrected chi connectivity index (χ0v) is 9.38. The molecule has 13 heavy (non-hydrogen) atoms. The minimum Gasteiger partial charge on any atom is -0.0806 e. The van der Waals surface area contributed by atoms with Crippen LogP contribution < -0.4 is 0 Å². The van der Waals surface area contributed by atoms with Crippen LogP contribution in [0.5, 0.6) is 0 Å². The van der Waals surface area contributed by atoms with E-state index in [0.717, 1.165) is 17.8 Å². The molecule has 0 bridgehead atoms. The first kappa shape index (κ1) is 10.6. The maximum Gasteiger partial charge on any atom is -0.0167 e. The fourth-order valence-corrected chi connectivity index (χ4v) is 2.01. The van der Waals surface area contributed by atoms with E-state index in [1.807, 2.05) is 0 Å². The van der Waals surface area contributed by atoms with Gasteiger partial charge in [0, 0.05) is 0 Å². The molecular weight excluding hydrogens is 156 g/mol. The Labute approximate surface area is 82.7 Å². The van der Waals surface area contributed by atoms with Gasteiger partial charge in [0.25, 0.3) is 0 Å². The maximum absolute atomic E-state index is 2.44. The summed E-state index contributed by atoms with van der Waals surface area (Å²) in [5, 5.41) is 0. The summed E-state index contributed by atoms with van der Waals surface area (Å²) in [5.74, 6) is 2.33. The largest absolute Gasteiger partial charge is 0.0806 e. The third-order valence-corrected chi connectivity index (χ3v) is 2.86. The average Bonchev–Trinajstić information content (AvgIpc) is 2.08. The second kappa shape index (κ2) is 4.64. The lowest BCUT2D eigenvalue weighted by Gasteiger charge is -2.24. The first-order valence-electron chi connectivity index (χ1n) is 5.52. The van der Waals surface area contributed by atoms with Gasteiger partial charge in [0.1, 0.15) is 0 Å². The molecule has 1 rings (SSSR count). The molecule has 0 amide bonds. The number of hydrogen-bond donors (Lipinski definition) is 0. The summed E-state index contributed by atoms with van der Waals surface area (Å²) in [6.07, 6.45) is 9.66. The minimum atomic E-state index is 0.738. The normalized spacial score (nSPS) is 27.9. The maximum atomic E-state index is 2.44. The van der Waals surface area contributed by atoms with Crippen molar-refractivity contribution in [3.63, 3.8) is 0 Å². The van der Waals surface area contributed by atoms with Crippen molar-refractivity contribution in [1.82, 2.24) is 0 Å². The lowest BCUT2D eigenvalue weighted by atomic mass is 9.81. The van der Waals surface area contributed by atoms with Gasteiger partial charge in [-0.05, 0) is 30.6 Å². The van der Waals surface area contributed by atoms with E-state index in [1.54, 1.807) is 0 Å². The predicted octanol–water partition coefficient (Wildman–Crippen LogP) is 4.19. The monoisotopic (exact) mass is 178 g/mol. The summed E-state index contributed by atoms with van der Waals surface area (Å²) in [5.41, 5.74) is 1.51. The van der Waals surface area contributed by atoms with Crippen molar-refractivity contribution in [3.05, 3.63) is 23.8 Å². The van der Waals surface area contributed by atoms with Gasteiger partial charge < -0.3 is 0 Å². The van der Waals surface area contributed by atoms with Crippen LogP contribution in [0.4, 0.5) is 0 Å². The van der Waals surface area contributed by atoms with Crippen LogP contribution in [0.25, 0.3) is 0 Å². The Balaban J connectivity index is 2.55. The molecular formula is C13H22. The highest BCUT2D eigenvalue weighted by molar-refractivity contribution is 5.24. The van der Waals surface area contributed by atoms with Gasteiger partial charge in [0.05, 0.1) is 0 Å². The van der Waals surface area contributed by atoms with Gasteiger partial charge in [-0.15, -0.1) is 0 Å². The predicted molar refractivity (Wildman–Crippen MR) is 59.6 cm³/mol. The highest BCUT2D eigenvalue weighted by atomic mass is 14.2. The van der Waals surface area contributed by atoms with Crippen molar-refractivity contribution in [3.8, 4) is 0 Å². The topological polar surface area (TPSA) is 0 Å². The summed E-state index contributed by atoms with van der Waals surface area (Å²) in [6.45, 7) is 9.18. The van der Waals surface area contributed by atoms with E-state index in [1.165, 1.54) is 18.4 Å². The quantitative estimate of drug-likeness (QED) is 0.608. The van der Waals surface area contributed by atoms with Crippen molar-refractivity contribution >= 4 is 0 Å². The molecule has 74 valence electrons. The van der Waals surface area contributed by atoms with E-state index < -0.39 is 0 Å². The van der Waals surface area contributed by atoms with Gasteiger partial charge in [0.2, 0.25) is 0 Å². The van der Waals surface area contributed by atoms with Crippen LogP contribution in [0.3, 0.4) is 0 Å². The Bertz CT molecular complexity index is 208. The molecule has 0 heterocycles. The van der Waals surface area contributed by atoms with Gasteiger partial charge in [-0.3, -0.25) is 0 Å². The molecule has 0 aromatic heterocycles. The summed E-state index contributed by atoms with van der Waals surface area (Å²) in [4.78, 5) is 0. The lowest BCUT2D eigenvalue weighted by Crippen LogP contribution is -2.13. The second-order valence-electron chi connectivity index (χ2n) is 4.61. The van der Waals surface area contributed by atoms with Crippen molar-refractivity contribution in [2.24, 2.45) is 17.8 Å². The molecule has 0 spiro atoms. The van der Waals surface area contributed by atoms with E-state index in [4.69, 9.17) is 0 Å². The third kappa shape index (κ3) is 3.02. The molecule has 2 unspecified atom stereocenters. The van der Waals surface area contributed by atoms with E-state index in [-0.39, 0.29) is 0 Å². The molecule has 1 aliphatic carbocycles. The molecule has 0 fully saturated rings. The van der Waals surface area contributed by atoms with Crippen LogP contribution in [-0.2, 0) is 0 Å². The summed E-state index contributed by atoms with van der Waals surface area (Å²) in [6, 6.07) is 0. The van der Waals surface area contributed by atoms with E-state index >= 15 is 0 Å². The highest BCUT2D eigenvalue weighted by Crippen LogP contribution is 2.28. The molecule has 1 aliphatic rings. The smallest absolute Gasteiger partial charge is 0.0167 e. The first-order chi connectivity index (χ1) is 6.13. The van der Waals surface area contributed by atoms with Crippen LogP contribution in [-0.4, -0.2) is 0 Å². The van der Waals surface area contributed by atoms with Gasteiger partial charge in [-0.1, -0.05) is 51.5 Å². The molecule has 2 atom stereocenters. The Morgan fingerprint density at radius 3 is 2.54 bits per heavy atom. The van der Waals surface area contributed by atoms with E-state index in [2.05, 4.69) is 45.9 Å². The van der Waals surface area contributed by atoms with Crippen LogP contribution in [0.1, 0.15) is 40.5 Å². The number of allylic oxidation sites excluding steroid dienone is 4. The van der Waals surface area contributed by atoms with E-state index in [9.17, 15) is 0 Å².